The van der Waals surface area contributed by atoms with Crippen LogP contribution in [0.4, 0.5) is 0 Å². The minimum Gasteiger partial charge on any atom is -0.309 e. The molecule has 0 aliphatic carbocycles. The van der Waals surface area contributed by atoms with Crippen LogP contribution in [0.2, 0.25) is 0 Å². The second kappa shape index (κ2) is 5.85. The van der Waals surface area contributed by atoms with E-state index in [1.807, 2.05) is 0 Å². The SMILES string of the molecule is CC(C)CN(Cc1ccc2c(c1)CNC2)C(C)C. The van der Waals surface area contributed by atoms with Gasteiger partial charge in [-0.1, -0.05) is 32.0 Å². The molecule has 1 aromatic rings. The van der Waals surface area contributed by atoms with Crippen molar-refractivity contribution in [2.45, 2.75) is 53.4 Å². The van der Waals surface area contributed by atoms with Crippen molar-refractivity contribution in [2.24, 2.45) is 5.92 Å². The maximum absolute atomic E-state index is 3.41. The molecule has 0 atom stereocenters. The lowest BCUT2D eigenvalue weighted by Crippen LogP contribution is -2.33. The quantitative estimate of drug-likeness (QED) is 0.858. The monoisotopic (exact) mass is 246 g/mol. The summed E-state index contributed by atoms with van der Waals surface area (Å²) in [5, 5.41) is 3.41. The molecule has 0 bridgehead atoms. The Morgan fingerprint density at radius 2 is 1.83 bits per heavy atom. The molecule has 2 nitrogen and oxygen atoms in total. The second-order valence-electron chi connectivity index (χ2n) is 6.12. The van der Waals surface area contributed by atoms with Gasteiger partial charge in [-0.15, -0.1) is 0 Å². The smallest absolute Gasteiger partial charge is 0.0236 e. The maximum atomic E-state index is 3.41. The maximum Gasteiger partial charge on any atom is 0.0236 e. The molecule has 0 unspecified atom stereocenters. The van der Waals surface area contributed by atoms with Gasteiger partial charge in [0.05, 0.1) is 0 Å². The van der Waals surface area contributed by atoms with Crippen LogP contribution in [0.3, 0.4) is 0 Å². The van der Waals surface area contributed by atoms with E-state index in [0.717, 1.165) is 25.6 Å². The fourth-order valence-corrected chi connectivity index (χ4v) is 2.61. The normalized spacial score (nSPS) is 14.8. The van der Waals surface area contributed by atoms with E-state index < -0.39 is 0 Å². The molecule has 0 amide bonds. The van der Waals surface area contributed by atoms with Crippen LogP contribution in [0.15, 0.2) is 18.2 Å². The van der Waals surface area contributed by atoms with Crippen LogP contribution in [0, 0.1) is 5.92 Å². The van der Waals surface area contributed by atoms with Gasteiger partial charge in [0.15, 0.2) is 0 Å². The molecular formula is C16H26N2. The summed E-state index contributed by atoms with van der Waals surface area (Å²) < 4.78 is 0. The van der Waals surface area contributed by atoms with Gasteiger partial charge in [0.25, 0.3) is 0 Å². The Labute approximate surface area is 111 Å². The predicted molar refractivity (Wildman–Crippen MR) is 77.4 cm³/mol. The largest absolute Gasteiger partial charge is 0.309 e. The molecule has 0 fully saturated rings. The van der Waals surface area contributed by atoms with Gasteiger partial charge >= 0.3 is 0 Å². The zero-order valence-electron chi connectivity index (χ0n) is 12.2. The fraction of sp³-hybridized carbons (Fsp3) is 0.625. The highest BCUT2D eigenvalue weighted by molar-refractivity contribution is 5.34. The summed E-state index contributed by atoms with van der Waals surface area (Å²) in [5.41, 5.74) is 4.41. The average molecular weight is 246 g/mol. The summed E-state index contributed by atoms with van der Waals surface area (Å²) in [7, 11) is 0. The van der Waals surface area contributed by atoms with Gasteiger partial charge in [0.1, 0.15) is 0 Å². The third-order valence-electron chi connectivity index (χ3n) is 3.62. The van der Waals surface area contributed by atoms with Gasteiger partial charge in [-0.2, -0.15) is 0 Å². The first-order chi connectivity index (χ1) is 8.56. The van der Waals surface area contributed by atoms with Crippen LogP contribution >= 0.6 is 0 Å². The van der Waals surface area contributed by atoms with Crippen LogP contribution < -0.4 is 5.32 Å². The number of hydrogen-bond acceptors (Lipinski definition) is 2. The van der Waals surface area contributed by atoms with E-state index in [1.54, 1.807) is 0 Å². The molecule has 0 saturated carbocycles. The molecule has 100 valence electrons. The molecule has 1 N–H and O–H groups in total. The first-order valence-electron chi connectivity index (χ1n) is 7.11. The highest BCUT2D eigenvalue weighted by atomic mass is 15.1. The Balaban J connectivity index is 2.06. The molecule has 0 radical (unpaired) electrons. The molecule has 0 saturated heterocycles. The first kappa shape index (κ1) is 13.6. The number of benzene rings is 1. The van der Waals surface area contributed by atoms with Crippen molar-refractivity contribution in [1.82, 2.24) is 10.2 Å². The van der Waals surface area contributed by atoms with E-state index in [0.29, 0.717) is 6.04 Å². The zero-order valence-corrected chi connectivity index (χ0v) is 12.2. The van der Waals surface area contributed by atoms with Gasteiger partial charge in [-0.25, -0.2) is 0 Å². The Morgan fingerprint density at radius 1 is 1.11 bits per heavy atom. The lowest BCUT2D eigenvalue weighted by molar-refractivity contribution is 0.189. The van der Waals surface area contributed by atoms with Crippen LogP contribution in [-0.2, 0) is 19.6 Å². The van der Waals surface area contributed by atoms with Crippen LogP contribution in [0.5, 0.6) is 0 Å². The molecule has 0 aromatic heterocycles. The van der Waals surface area contributed by atoms with Crippen molar-refractivity contribution in [3.63, 3.8) is 0 Å². The molecule has 2 rings (SSSR count). The predicted octanol–water partition coefficient (Wildman–Crippen LogP) is 3.16. The van der Waals surface area contributed by atoms with Crippen molar-refractivity contribution < 1.29 is 0 Å². The highest BCUT2D eigenvalue weighted by Crippen LogP contribution is 2.19. The minimum absolute atomic E-state index is 0.610. The van der Waals surface area contributed by atoms with Crippen molar-refractivity contribution in [3.05, 3.63) is 34.9 Å². The Hall–Kier alpha value is -0.860. The van der Waals surface area contributed by atoms with E-state index in [4.69, 9.17) is 0 Å². The van der Waals surface area contributed by atoms with E-state index in [1.165, 1.54) is 23.2 Å². The third-order valence-corrected chi connectivity index (χ3v) is 3.62. The van der Waals surface area contributed by atoms with Crippen molar-refractivity contribution in [1.29, 1.82) is 0 Å². The van der Waals surface area contributed by atoms with E-state index >= 15 is 0 Å². The summed E-state index contributed by atoms with van der Waals surface area (Å²) in [6, 6.07) is 7.57. The molecule has 1 heterocycles. The average Bonchev–Trinajstić information content (AvgIpc) is 2.74. The van der Waals surface area contributed by atoms with Gasteiger partial charge in [0.2, 0.25) is 0 Å². The summed E-state index contributed by atoms with van der Waals surface area (Å²) in [4.78, 5) is 2.56. The van der Waals surface area contributed by atoms with Gasteiger partial charge < -0.3 is 5.32 Å². The van der Waals surface area contributed by atoms with Crippen LogP contribution in [0.1, 0.15) is 44.4 Å². The van der Waals surface area contributed by atoms with Gasteiger partial charge in [0, 0.05) is 32.2 Å². The van der Waals surface area contributed by atoms with Crippen molar-refractivity contribution in [3.8, 4) is 0 Å². The Morgan fingerprint density at radius 3 is 2.50 bits per heavy atom. The Bertz CT molecular complexity index is 396. The lowest BCUT2D eigenvalue weighted by atomic mass is 10.0. The third kappa shape index (κ3) is 3.33. The zero-order chi connectivity index (χ0) is 13.1. The molecule has 1 aliphatic rings. The van der Waals surface area contributed by atoms with E-state index in [2.05, 4.69) is 56.1 Å². The summed E-state index contributed by atoms with van der Waals surface area (Å²) in [6.45, 7) is 13.5. The molecule has 18 heavy (non-hydrogen) atoms. The lowest BCUT2D eigenvalue weighted by Gasteiger charge is -2.28. The summed E-state index contributed by atoms with van der Waals surface area (Å²) >= 11 is 0. The van der Waals surface area contributed by atoms with Crippen LogP contribution in [0.25, 0.3) is 0 Å². The molecule has 2 heteroatoms. The number of hydrogen-bond donors (Lipinski definition) is 1. The van der Waals surface area contributed by atoms with Gasteiger partial charge in [-0.05, 0) is 36.5 Å². The standard InChI is InChI=1S/C16H26N2/c1-12(2)10-18(13(3)4)11-14-5-6-15-8-17-9-16(15)7-14/h5-7,12-13,17H,8-11H2,1-4H3. The van der Waals surface area contributed by atoms with Crippen molar-refractivity contribution in [2.75, 3.05) is 6.54 Å². The molecular weight excluding hydrogens is 220 g/mol. The van der Waals surface area contributed by atoms with E-state index in [9.17, 15) is 0 Å². The summed E-state index contributed by atoms with van der Waals surface area (Å²) in [6.07, 6.45) is 0. The minimum atomic E-state index is 0.610. The first-order valence-corrected chi connectivity index (χ1v) is 7.11. The Kier molecular flexibility index (Phi) is 4.41. The van der Waals surface area contributed by atoms with Crippen molar-refractivity contribution >= 4 is 0 Å². The number of fused-ring (bicyclic) bond motifs is 1. The summed E-state index contributed by atoms with van der Waals surface area (Å²) in [5.74, 6) is 0.725. The molecule has 0 spiro atoms. The number of nitrogens with zero attached hydrogens (tertiary/aromatic N) is 1. The number of rotatable bonds is 5. The topological polar surface area (TPSA) is 15.3 Å². The fourth-order valence-electron chi connectivity index (χ4n) is 2.61. The second-order valence-corrected chi connectivity index (χ2v) is 6.12. The number of nitrogens with one attached hydrogen (secondary N) is 1. The molecule has 1 aromatic carbocycles. The van der Waals surface area contributed by atoms with E-state index in [-0.39, 0.29) is 0 Å². The van der Waals surface area contributed by atoms with Gasteiger partial charge in [-0.3, -0.25) is 4.90 Å². The molecule has 1 aliphatic heterocycles. The van der Waals surface area contributed by atoms with Crippen LogP contribution in [-0.4, -0.2) is 17.5 Å². The highest BCUT2D eigenvalue weighted by Gasteiger charge is 2.14.